The van der Waals surface area contributed by atoms with Crippen molar-refractivity contribution in [1.82, 2.24) is 4.98 Å². The third kappa shape index (κ3) is 4.60. The number of benzene rings is 1. The van der Waals surface area contributed by atoms with Crippen molar-refractivity contribution in [3.63, 3.8) is 0 Å². The van der Waals surface area contributed by atoms with Crippen LogP contribution in [0.4, 0.5) is 35.2 Å². The Morgan fingerprint density at radius 1 is 1.22 bits per heavy atom. The molecule has 0 bridgehead atoms. The highest BCUT2D eigenvalue weighted by atomic mass is 19.4. The Kier molecular flexibility index (Phi) is 5.05. The number of rotatable bonds is 4. The smallest absolute Gasteiger partial charge is 0.418 e. The van der Waals surface area contributed by atoms with Crippen molar-refractivity contribution in [2.75, 3.05) is 17.2 Å². The van der Waals surface area contributed by atoms with Crippen LogP contribution in [0.3, 0.4) is 0 Å². The zero-order chi connectivity index (χ0) is 16.9. The molecule has 0 aliphatic heterocycles. The van der Waals surface area contributed by atoms with E-state index in [1.54, 1.807) is 6.92 Å². The van der Waals surface area contributed by atoms with Crippen LogP contribution in [0, 0.1) is 0 Å². The normalized spacial score (nSPS) is 11.0. The van der Waals surface area contributed by atoms with Gasteiger partial charge in [-0.25, -0.2) is 9.78 Å². The first-order chi connectivity index (χ1) is 10.9. The van der Waals surface area contributed by atoms with Crippen LogP contribution in [0.1, 0.15) is 12.5 Å². The van der Waals surface area contributed by atoms with Gasteiger partial charge in [0.1, 0.15) is 5.82 Å². The van der Waals surface area contributed by atoms with Gasteiger partial charge in [0.05, 0.1) is 29.7 Å². The van der Waals surface area contributed by atoms with Crippen LogP contribution in [0.15, 0.2) is 42.6 Å². The lowest BCUT2D eigenvalue weighted by atomic mass is 10.1. The predicted octanol–water partition coefficient (Wildman–Crippen LogP) is 4.41. The molecule has 0 saturated carbocycles. The Morgan fingerprint density at radius 3 is 2.57 bits per heavy atom. The van der Waals surface area contributed by atoms with Gasteiger partial charge in [0, 0.05) is 0 Å². The summed E-state index contributed by atoms with van der Waals surface area (Å²) in [6, 6.07) is 8.06. The third-order valence-electron chi connectivity index (χ3n) is 2.78. The lowest BCUT2D eigenvalue weighted by molar-refractivity contribution is -0.136. The van der Waals surface area contributed by atoms with Crippen LogP contribution in [-0.2, 0) is 10.9 Å². The topological polar surface area (TPSA) is 63.2 Å². The number of hydrogen-bond acceptors (Lipinski definition) is 4. The molecule has 1 amide bonds. The Bertz CT molecular complexity index is 672. The molecule has 23 heavy (non-hydrogen) atoms. The van der Waals surface area contributed by atoms with Crippen LogP contribution in [-0.4, -0.2) is 17.7 Å². The monoisotopic (exact) mass is 325 g/mol. The first-order valence-corrected chi connectivity index (χ1v) is 6.73. The van der Waals surface area contributed by atoms with Gasteiger partial charge in [0.15, 0.2) is 0 Å². The number of hydrogen-bond donors (Lipinski definition) is 2. The highest BCUT2D eigenvalue weighted by Crippen LogP contribution is 2.35. The molecule has 1 heterocycles. The van der Waals surface area contributed by atoms with Crippen LogP contribution < -0.4 is 10.6 Å². The highest BCUT2D eigenvalue weighted by molar-refractivity contribution is 5.84. The van der Waals surface area contributed by atoms with Gasteiger partial charge in [-0.1, -0.05) is 12.1 Å². The fourth-order valence-electron chi connectivity index (χ4n) is 1.80. The van der Waals surface area contributed by atoms with Gasteiger partial charge in [0.25, 0.3) is 0 Å². The molecule has 2 rings (SSSR count). The molecule has 5 nitrogen and oxygen atoms in total. The van der Waals surface area contributed by atoms with Crippen molar-refractivity contribution in [1.29, 1.82) is 0 Å². The maximum absolute atomic E-state index is 12.9. The van der Waals surface area contributed by atoms with E-state index in [0.717, 1.165) is 6.07 Å². The number of pyridine rings is 1. The molecule has 0 saturated heterocycles. The number of carbonyl (C=O) groups excluding carboxylic acids is 1. The van der Waals surface area contributed by atoms with Crippen molar-refractivity contribution >= 4 is 23.3 Å². The molecule has 0 aliphatic carbocycles. The maximum atomic E-state index is 12.9. The summed E-state index contributed by atoms with van der Waals surface area (Å²) in [7, 11) is 0. The Labute approximate surface area is 130 Å². The molecule has 0 fully saturated rings. The van der Waals surface area contributed by atoms with Gasteiger partial charge in [-0.15, -0.1) is 0 Å². The van der Waals surface area contributed by atoms with E-state index in [4.69, 9.17) is 4.74 Å². The minimum Gasteiger partial charge on any atom is -0.450 e. The summed E-state index contributed by atoms with van der Waals surface area (Å²) in [6.45, 7) is 1.90. The van der Waals surface area contributed by atoms with E-state index >= 15 is 0 Å². The molecule has 0 unspecified atom stereocenters. The number of nitrogens with zero attached hydrogens (tertiary/aromatic N) is 1. The standard InChI is InChI=1S/C15H14F3N3O2/c1-2-23-14(22)20-10-7-8-13(19-9-10)21-12-6-4-3-5-11(12)15(16,17)18/h3-9H,2H2,1H3,(H,19,21)(H,20,22). The van der Waals surface area contributed by atoms with Crippen molar-refractivity contribution in [2.24, 2.45) is 0 Å². The van der Waals surface area contributed by atoms with Crippen molar-refractivity contribution < 1.29 is 22.7 Å². The third-order valence-corrected chi connectivity index (χ3v) is 2.78. The summed E-state index contributed by atoms with van der Waals surface area (Å²) >= 11 is 0. The lowest BCUT2D eigenvalue weighted by Gasteiger charge is -2.14. The second kappa shape index (κ2) is 6.99. The zero-order valence-electron chi connectivity index (χ0n) is 12.1. The molecule has 1 aromatic carbocycles. The number of carbonyl (C=O) groups is 1. The van der Waals surface area contributed by atoms with Crippen molar-refractivity contribution in [3.8, 4) is 0 Å². The second-order valence-corrected chi connectivity index (χ2v) is 4.45. The summed E-state index contributed by atoms with van der Waals surface area (Å²) < 4.78 is 43.4. The Balaban J connectivity index is 2.12. The number of nitrogens with one attached hydrogen (secondary N) is 2. The number of amides is 1. The molecule has 1 aromatic heterocycles. The summed E-state index contributed by atoms with van der Waals surface area (Å²) in [5.74, 6) is 0.219. The molecule has 0 spiro atoms. The molecule has 8 heteroatoms. The van der Waals surface area contributed by atoms with Gasteiger partial charge in [0.2, 0.25) is 0 Å². The zero-order valence-corrected chi connectivity index (χ0v) is 12.1. The molecular formula is C15H14F3N3O2. The molecule has 0 radical (unpaired) electrons. The maximum Gasteiger partial charge on any atom is 0.418 e. The van der Waals surface area contributed by atoms with E-state index in [-0.39, 0.29) is 18.1 Å². The van der Waals surface area contributed by atoms with Crippen molar-refractivity contribution in [2.45, 2.75) is 13.1 Å². The quantitative estimate of drug-likeness (QED) is 0.874. The number of alkyl halides is 3. The van der Waals surface area contributed by atoms with Crippen molar-refractivity contribution in [3.05, 3.63) is 48.2 Å². The van der Waals surface area contributed by atoms with E-state index in [1.165, 1.54) is 36.5 Å². The van der Waals surface area contributed by atoms with E-state index in [0.29, 0.717) is 5.69 Å². The molecular weight excluding hydrogens is 311 g/mol. The second-order valence-electron chi connectivity index (χ2n) is 4.45. The van der Waals surface area contributed by atoms with Gasteiger partial charge in [-0.2, -0.15) is 13.2 Å². The van der Waals surface area contributed by atoms with E-state index in [9.17, 15) is 18.0 Å². The summed E-state index contributed by atoms with van der Waals surface area (Å²) in [5.41, 5.74) is -0.507. The average Bonchev–Trinajstić information content (AvgIpc) is 2.49. The number of halogens is 3. The fourth-order valence-corrected chi connectivity index (χ4v) is 1.80. The average molecular weight is 325 g/mol. The Hall–Kier alpha value is -2.77. The fraction of sp³-hybridized carbons (Fsp3) is 0.200. The van der Waals surface area contributed by atoms with Gasteiger partial charge >= 0.3 is 12.3 Å². The summed E-state index contributed by atoms with van der Waals surface area (Å²) in [6.07, 6.45) is -3.78. The molecule has 0 atom stereocenters. The predicted molar refractivity (Wildman–Crippen MR) is 79.6 cm³/mol. The largest absolute Gasteiger partial charge is 0.450 e. The number of anilines is 3. The lowest BCUT2D eigenvalue weighted by Crippen LogP contribution is -2.13. The van der Waals surface area contributed by atoms with Crippen LogP contribution in [0.5, 0.6) is 0 Å². The van der Waals surface area contributed by atoms with Gasteiger partial charge in [-0.3, -0.25) is 5.32 Å². The molecule has 0 aliphatic rings. The molecule has 2 N–H and O–H groups in total. The number of ether oxygens (including phenoxy) is 1. The number of aromatic nitrogens is 1. The SMILES string of the molecule is CCOC(=O)Nc1ccc(Nc2ccccc2C(F)(F)F)nc1. The van der Waals surface area contributed by atoms with E-state index < -0.39 is 17.8 Å². The van der Waals surface area contributed by atoms with Crippen LogP contribution in [0.25, 0.3) is 0 Å². The first kappa shape index (κ1) is 16.6. The van der Waals surface area contributed by atoms with Gasteiger partial charge in [-0.05, 0) is 31.2 Å². The number of para-hydroxylation sites is 1. The van der Waals surface area contributed by atoms with E-state index in [1.807, 2.05) is 0 Å². The Morgan fingerprint density at radius 2 is 1.96 bits per heavy atom. The highest BCUT2D eigenvalue weighted by Gasteiger charge is 2.33. The van der Waals surface area contributed by atoms with Crippen LogP contribution >= 0.6 is 0 Å². The minimum atomic E-state index is -4.46. The van der Waals surface area contributed by atoms with Gasteiger partial charge < -0.3 is 10.1 Å². The van der Waals surface area contributed by atoms with E-state index in [2.05, 4.69) is 15.6 Å². The van der Waals surface area contributed by atoms with Crippen LogP contribution in [0.2, 0.25) is 0 Å². The summed E-state index contributed by atoms with van der Waals surface area (Å²) in [4.78, 5) is 15.2. The molecule has 2 aromatic rings. The minimum absolute atomic E-state index is 0.0985. The first-order valence-electron chi connectivity index (χ1n) is 6.73. The molecule has 122 valence electrons. The summed E-state index contributed by atoms with van der Waals surface area (Å²) in [5, 5.41) is 5.05.